The van der Waals surface area contributed by atoms with E-state index in [4.69, 9.17) is 4.74 Å². The van der Waals surface area contributed by atoms with Gasteiger partial charge in [0.15, 0.2) is 0 Å². The third-order valence-corrected chi connectivity index (χ3v) is 4.68. The van der Waals surface area contributed by atoms with Crippen molar-refractivity contribution in [2.24, 2.45) is 0 Å². The van der Waals surface area contributed by atoms with Gasteiger partial charge in [0.2, 0.25) is 11.8 Å². The lowest BCUT2D eigenvalue weighted by atomic mass is 10.00. The first-order chi connectivity index (χ1) is 12.6. The van der Waals surface area contributed by atoms with E-state index < -0.39 is 0 Å². The molecule has 6 nitrogen and oxygen atoms in total. The summed E-state index contributed by atoms with van der Waals surface area (Å²) >= 11 is 0. The summed E-state index contributed by atoms with van der Waals surface area (Å²) in [6, 6.07) is 14.1. The van der Waals surface area contributed by atoms with Crippen LogP contribution in [-0.2, 0) is 9.59 Å². The highest BCUT2D eigenvalue weighted by Crippen LogP contribution is 2.32. The van der Waals surface area contributed by atoms with Crippen LogP contribution in [0.1, 0.15) is 41.2 Å². The Kier molecular flexibility index (Phi) is 4.16. The number of hydrogen-bond acceptors (Lipinski definition) is 4. The maximum Gasteiger partial charge on any atom is 0.251 e. The predicted molar refractivity (Wildman–Crippen MR) is 94.9 cm³/mol. The van der Waals surface area contributed by atoms with Gasteiger partial charge in [-0.15, -0.1) is 0 Å². The van der Waals surface area contributed by atoms with Gasteiger partial charge in [-0.3, -0.25) is 19.3 Å². The maximum atomic E-state index is 12.7. The molecule has 3 amide bonds. The number of nitrogens with zero attached hydrogens (tertiary/aromatic N) is 1. The Morgan fingerprint density at radius 3 is 2.62 bits per heavy atom. The SMILES string of the molecule is O=C(N[C@@H]1CCOc2ccccc21)c1cccc(N2C(=O)CCC2=O)c1. The normalized spacial score (nSPS) is 19.1. The lowest BCUT2D eigenvalue weighted by Crippen LogP contribution is -2.32. The lowest BCUT2D eigenvalue weighted by Gasteiger charge is -2.26. The Morgan fingerprint density at radius 1 is 1.04 bits per heavy atom. The summed E-state index contributed by atoms with van der Waals surface area (Å²) in [6.07, 6.45) is 1.12. The fourth-order valence-electron chi connectivity index (χ4n) is 3.38. The molecule has 2 aromatic rings. The molecule has 6 heteroatoms. The number of imide groups is 1. The maximum absolute atomic E-state index is 12.7. The fourth-order valence-corrected chi connectivity index (χ4v) is 3.38. The van der Waals surface area contributed by atoms with E-state index >= 15 is 0 Å². The molecule has 0 spiro atoms. The molecule has 0 bridgehead atoms. The molecule has 2 aliphatic heterocycles. The first kappa shape index (κ1) is 16.3. The highest BCUT2D eigenvalue weighted by molar-refractivity contribution is 6.20. The van der Waals surface area contributed by atoms with E-state index in [1.807, 2.05) is 24.3 Å². The number of carbonyl (C=O) groups is 3. The highest BCUT2D eigenvalue weighted by atomic mass is 16.5. The van der Waals surface area contributed by atoms with Gasteiger partial charge in [-0.05, 0) is 24.3 Å². The second-order valence-corrected chi connectivity index (χ2v) is 6.37. The zero-order valence-corrected chi connectivity index (χ0v) is 14.1. The van der Waals surface area contributed by atoms with Gasteiger partial charge in [0.1, 0.15) is 5.75 Å². The number of ether oxygens (including phenoxy) is 1. The van der Waals surface area contributed by atoms with Crippen LogP contribution in [0, 0.1) is 0 Å². The number of fused-ring (bicyclic) bond motifs is 1. The number of amides is 3. The van der Waals surface area contributed by atoms with Crippen LogP contribution in [0.3, 0.4) is 0 Å². The van der Waals surface area contributed by atoms with E-state index in [0.717, 1.165) is 16.2 Å². The minimum Gasteiger partial charge on any atom is -0.493 e. The quantitative estimate of drug-likeness (QED) is 0.864. The van der Waals surface area contributed by atoms with Crippen LogP contribution in [0.25, 0.3) is 0 Å². The standard InChI is InChI=1S/C20H18N2O4/c23-18-8-9-19(24)22(18)14-5-3-4-13(12-14)20(25)21-16-10-11-26-17-7-2-1-6-15(16)17/h1-7,12,16H,8-11H2,(H,21,25)/t16-/m1/s1. The predicted octanol–water partition coefficient (Wildman–Crippen LogP) is 2.59. The van der Waals surface area contributed by atoms with Gasteiger partial charge in [0.05, 0.1) is 18.3 Å². The van der Waals surface area contributed by atoms with Crippen molar-refractivity contribution in [1.82, 2.24) is 5.32 Å². The Morgan fingerprint density at radius 2 is 1.81 bits per heavy atom. The first-order valence-electron chi connectivity index (χ1n) is 8.62. The van der Waals surface area contributed by atoms with Crippen LogP contribution >= 0.6 is 0 Å². The third-order valence-electron chi connectivity index (χ3n) is 4.68. The minimum absolute atomic E-state index is 0.133. The van der Waals surface area contributed by atoms with Gasteiger partial charge in [-0.2, -0.15) is 0 Å². The average molecular weight is 350 g/mol. The Labute approximate surface area is 150 Å². The van der Waals surface area contributed by atoms with Crippen LogP contribution in [0.5, 0.6) is 5.75 Å². The molecule has 0 radical (unpaired) electrons. The second-order valence-electron chi connectivity index (χ2n) is 6.37. The van der Waals surface area contributed by atoms with Crippen molar-refractivity contribution >= 4 is 23.4 Å². The van der Waals surface area contributed by atoms with E-state index in [1.54, 1.807) is 24.3 Å². The monoisotopic (exact) mass is 350 g/mol. The smallest absolute Gasteiger partial charge is 0.251 e. The molecule has 2 aliphatic rings. The number of carbonyl (C=O) groups excluding carboxylic acids is 3. The highest BCUT2D eigenvalue weighted by Gasteiger charge is 2.31. The summed E-state index contributed by atoms with van der Waals surface area (Å²) in [4.78, 5) is 37.7. The van der Waals surface area contributed by atoms with Gasteiger partial charge in [-0.25, -0.2) is 0 Å². The topological polar surface area (TPSA) is 75.7 Å². The minimum atomic E-state index is -0.243. The van der Waals surface area contributed by atoms with E-state index in [0.29, 0.717) is 24.3 Å². The van der Waals surface area contributed by atoms with Crippen LogP contribution in [-0.4, -0.2) is 24.3 Å². The van der Waals surface area contributed by atoms with Gasteiger partial charge >= 0.3 is 0 Å². The van der Waals surface area contributed by atoms with Crippen LogP contribution in [0.4, 0.5) is 5.69 Å². The summed E-state index contributed by atoms with van der Waals surface area (Å²) in [5.74, 6) is 0.0792. The van der Waals surface area contributed by atoms with Crippen molar-refractivity contribution in [3.8, 4) is 5.75 Å². The molecule has 0 aromatic heterocycles. The van der Waals surface area contributed by atoms with Crippen molar-refractivity contribution < 1.29 is 19.1 Å². The summed E-state index contributed by atoms with van der Waals surface area (Å²) in [6.45, 7) is 0.540. The van der Waals surface area contributed by atoms with Gasteiger partial charge in [0.25, 0.3) is 5.91 Å². The Hall–Kier alpha value is -3.15. The van der Waals surface area contributed by atoms with Gasteiger partial charge in [-0.1, -0.05) is 24.3 Å². The summed E-state index contributed by atoms with van der Waals surface area (Å²) in [5.41, 5.74) is 1.81. The molecule has 0 saturated carbocycles. The largest absolute Gasteiger partial charge is 0.493 e. The first-order valence-corrected chi connectivity index (χ1v) is 8.62. The molecular formula is C20H18N2O4. The number of rotatable bonds is 3. The number of hydrogen-bond donors (Lipinski definition) is 1. The summed E-state index contributed by atoms with van der Waals surface area (Å²) in [5, 5.41) is 3.02. The van der Waals surface area contributed by atoms with Crippen LogP contribution in [0.15, 0.2) is 48.5 Å². The molecule has 1 saturated heterocycles. The number of benzene rings is 2. The van der Waals surface area contributed by atoms with E-state index in [9.17, 15) is 14.4 Å². The lowest BCUT2D eigenvalue weighted by molar-refractivity contribution is -0.121. The molecule has 2 aromatic carbocycles. The molecule has 2 heterocycles. The molecule has 0 unspecified atom stereocenters. The Balaban J connectivity index is 1.56. The molecule has 132 valence electrons. The van der Waals surface area contributed by atoms with E-state index in [2.05, 4.69) is 5.32 Å². The van der Waals surface area contributed by atoms with E-state index in [-0.39, 0.29) is 36.6 Å². The molecule has 0 aliphatic carbocycles. The van der Waals surface area contributed by atoms with E-state index in [1.165, 1.54) is 0 Å². The second kappa shape index (κ2) is 6.63. The Bertz CT molecular complexity index is 877. The van der Waals surface area contributed by atoms with Crippen molar-refractivity contribution in [3.63, 3.8) is 0 Å². The summed E-state index contributed by atoms with van der Waals surface area (Å²) in [7, 11) is 0. The van der Waals surface area contributed by atoms with Gasteiger partial charge < -0.3 is 10.1 Å². The van der Waals surface area contributed by atoms with Crippen LogP contribution < -0.4 is 15.0 Å². The van der Waals surface area contributed by atoms with Crippen molar-refractivity contribution in [3.05, 3.63) is 59.7 Å². The van der Waals surface area contributed by atoms with Crippen molar-refractivity contribution in [2.45, 2.75) is 25.3 Å². The molecule has 1 atom stereocenters. The molecule has 4 rings (SSSR count). The van der Waals surface area contributed by atoms with Crippen molar-refractivity contribution in [2.75, 3.05) is 11.5 Å². The van der Waals surface area contributed by atoms with Crippen molar-refractivity contribution in [1.29, 1.82) is 0 Å². The average Bonchev–Trinajstić information content (AvgIpc) is 3.00. The molecule has 1 N–H and O–H groups in total. The molecular weight excluding hydrogens is 332 g/mol. The number of para-hydroxylation sites is 1. The molecule has 26 heavy (non-hydrogen) atoms. The number of anilines is 1. The third kappa shape index (κ3) is 2.94. The van der Waals surface area contributed by atoms with Crippen LogP contribution in [0.2, 0.25) is 0 Å². The molecule has 1 fully saturated rings. The zero-order chi connectivity index (χ0) is 18.1. The number of nitrogens with one attached hydrogen (secondary N) is 1. The van der Waals surface area contributed by atoms with Gasteiger partial charge in [0, 0.05) is 30.4 Å². The zero-order valence-electron chi connectivity index (χ0n) is 14.1. The summed E-state index contributed by atoms with van der Waals surface area (Å²) < 4.78 is 5.62. The fraction of sp³-hybridized carbons (Fsp3) is 0.250.